The van der Waals surface area contributed by atoms with Gasteiger partial charge in [-0.25, -0.2) is 0 Å². The molecular weight excluding hydrogens is 238 g/mol. The number of ether oxygens (including phenoxy) is 1. The Morgan fingerprint density at radius 2 is 2.00 bits per heavy atom. The Bertz CT molecular complexity index is 354. The molecule has 0 heterocycles. The van der Waals surface area contributed by atoms with E-state index in [4.69, 9.17) is 9.84 Å². The fourth-order valence-electron chi connectivity index (χ4n) is 2.16. The van der Waals surface area contributed by atoms with E-state index in [0.29, 0.717) is 12.0 Å². The maximum absolute atomic E-state index is 8.96. The summed E-state index contributed by atoms with van der Waals surface area (Å²) in [5.41, 5.74) is 1.24. The van der Waals surface area contributed by atoms with Crippen LogP contribution in [0.1, 0.15) is 32.3 Å². The third-order valence-corrected chi connectivity index (χ3v) is 3.40. The van der Waals surface area contributed by atoms with E-state index in [-0.39, 0.29) is 6.61 Å². The van der Waals surface area contributed by atoms with Crippen molar-refractivity contribution in [2.24, 2.45) is 5.92 Å². The summed E-state index contributed by atoms with van der Waals surface area (Å²) in [5, 5.41) is 12.5. The van der Waals surface area contributed by atoms with E-state index >= 15 is 0 Å². The zero-order chi connectivity index (χ0) is 14.1. The minimum atomic E-state index is 0.288. The summed E-state index contributed by atoms with van der Waals surface area (Å²) >= 11 is 0. The molecule has 0 saturated carbocycles. The van der Waals surface area contributed by atoms with Crippen molar-refractivity contribution in [1.82, 2.24) is 5.32 Å². The Morgan fingerprint density at radius 1 is 1.26 bits per heavy atom. The van der Waals surface area contributed by atoms with E-state index in [1.165, 1.54) is 5.56 Å². The Hall–Kier alpha value is -1.06. The lowest BCUT2D eigenvalue weighted by atomic mass is 10.0. The zero-order valence-corrected chi connectivity index (χ0v) is 12.4. The predicted molar refractivity (Wildman–Crippen MR) is 79.6 cm³/mol. The second kappa shape index (κ2) is 8.94. The molecule has 2 N–H and O–H groups in total. The van der Waals surface area contributed by atoms with Gasteiger partial charge in [-0.15, -0.1) is 0 Å². The lowest BCUT2D eigenvalue weighted by molar-refractivity contribution is 0.227. The number of aliphatic hydroxyl groups excluding tert-OH is 1. The molecule has 0 saturated heterocycles. The molecule has 0 aromatic heterocycles. The lowest BCUT2D eigenvalue weighted by Crippen LogP contribution is -2.29. The molecule has 1 rings (SSSR count). The molecule has 0 fully saturated rings. The van der Waals surface area contributed by atoms with Crippen molar-refractivity contribution in [3.63, 3.8) is 0 Å². The SMILES string of the molecule is COc1ccccc1CC(C)NCCCC(C)CO. The number of nitrogens with one attached hydrogen (secondary N) is 1. The van der Waals surface area contributed by atoms with Crippen molar-refractivity contribution in [2.45, 2.75) is 39.2 Å². The summed E-state index contributed by atoms with van der Waals surface area (Å²) in [6.45, 7) is 5.57. The largest absolute Gasteiger partial charge is 0.496 e. The van der Waals surface area contributed by atoms with Crippen molar-refractivity contribution in [1.29, 1.82) is 0 Å². The molecule has 0 spiro atoms. The average Bonchev–Trinajstić information content (AvgIpc) is 2.43. The van der Waals surface area contributed by atoms with Gasteiger partial charge in [0.15, 0.2) is 0 Å². The summed E-state index contributed by atoms with van der Waals surface area (Å²) in [6.07, 6.45) is 3.16. The smallest absolute Gasteiger partial charge is 0.122 e. The van der Waals surface area contributed by atoms with Crippen molar-refractivity contribution in [2.75, 3.05) is 20.3 Å². The van der Waals surface area contributed by atoms with Gasteiger partial charge in [0.2, 0.25) is 0 Å². The van der Waals surface area contributed by atoms with Crippen molar-refractivity contribution < 1.29 is 9.84 Å². The first-order valence-corrected chi connectivity index (χ1v) is 7.13. The first kappa shape index (κ1) is 16.0. The highest BCUT2D eigenvalue weighted by molar-refractivity contribution is 5.33. The predicted octanol–water partition coefficient (Wildman–Crippen LogP) is 2.62. The molecule has 0 aliphatic heterocycles. The first-order valence-electron chi connectivity index (χ1n) is 7.13. The zero-order valence-electron chi connectivity index (χ0n) is 12.4. The van der Waals surface area contributed by atoms with Gasteiger partial charge in [0.05, 0.1) is 7.11 Å². The van der Waals surface area contributed by atoms with E-state index in [1.54, 1.807) is 7.11 Å². The highest BCUT2D eigenvalue weighted by atomic mass is 16.5. The number of aliphatic hydroxyl groups is 1. The van der Waals surface area contributed by atoms with Gasteiger partial charge in [-0.3, -0.25) is 0 Å². The van der Waals surface area contributed by atoms with Crippen LogP contribution in [0, 0.1) is 5.92 Å². The van der Waals surface area contributed by atoms with Crippen molar-refractivity contribution in [3.8, 4) is 5.75 Å². The third kappa shape index (κ3) is 6.08. The molecular formula is C16H27NO2. The molecule has 3 heteroatoms. The molecule has 0 radical (unpaired) electrons. The number of benzene rings is 1. The fraction of sp³-hybridized carbons (Fsp3) is 0.625. The minimum absolute atomic E-state index is 0.288. The highest BCUT2D eigenvalue weighted by Crippen LogP contribution is 2.18. The van der Waals surface area contributed by atoms with Gasteiger partial charge < -0.3 is 15.2 Å². The topological polar surface area (TPSA) is 41.5 Å². The maximum atomic E-state index is 8.96. The third-order valence-electron chi connectivity index (χ3n) is 3.40. The number of para-hydroxylation sites is 1. The van der Waals surface area contributed by atoms with Crippen LogP contribution in [0.2, 0.25) is 0 Å². The van der Waals surface area contributed by atoms with Gasteiger partial charge in [0.25, 0.3) is 0 Å². The molecule has 3 nitrogen and oxygen atoms in total. The summed E-state index contributed by atoms with van der Waals surface area (Å²) < 4.78 is 5.36. The number of hydrogen-bond donors (Lipinski definition) is 2. The number of methoxy groups -OCH3 is 1. The van der Waals surface area contributed by atoms with E-state index in [2.05, 4.69) is 25.2 Å². The fourth-order valence-corrected chi connectivity index (χ4v) is 2.16. The second-order valence-electron chi connectivity index (χ2n) is 5.30. The van der Waals surface area contributed by atoms with Crippen LogP contribution in [-0.2, 0) is 6.42 Å². The highest BCUT2D eigenvalue weighted by Gasteiger charge is 2.07. The standard InChI is InChI=1S/C16H27NO2/c1-13(12-18)7-6-10-17-14(2)11-15-8-4-5-9-16(15)19-3/h4-5,8-9,13-14,17-18H,6-7,10-12H2,1-3H3. The Morgan fingerprint density at radius 3 is 2.68 bits per heavy atom. The Labute approximate surface area is 117 Å². The van der Waals surface area contributed by atoms with Crippen LogP contribution in [0.25, 0.3) is 0 Å². The minimum Gasteiger partial charge on any atom is -0.496 e. The molecule has 1 aromatic carbocycles. The van der Waals surface area contributed by atoms with Crippen molar-refractivity contribution >= 4 is 0 Å². The maximum Gasteiger partial charge on any atom is 0.122 e. The second-order valence-corrected chi connectivity index (χ2v) is 5.30. The molecule has 0 amide bonds. The number of hydrogen-bond acceptors (Lipinski definition) is 3. The van der Waals surface area contributed by atoms with Gasteiger partial charge in [0, 0.05) is 12.6 Å². The van der Waals surface area contributed by atoms with Gasteiger partial charge >= 0.3 is 0 Å². The van der Waals surface area contributed by atoms with E-state index in [9.17, 15) is 0 Å². The molecule has 0 aliphatic carbocycles. The van der Waals surface area contributed by atoms with Gasteiger partial charge in [0.1, 0.15) is 5.75 Å². The van der Waals surface area contributed by atoms with Crippen LogP contribution in [0.4, 0.5) is 0 Å². The van der Waals surface area contributed by atoms with Crippen LogP contribution in [0.3, 0.4) is 0 Å². The Kier molecular flexibility index (Phi) is 7.53. The van der Waals surface area contributed by atoms with Gasteiger partial charge in [-0.05, 0) is 50.3 Å². The van der Waals surface area contributed by atoms with Crippen molar-refractivity contribution in [3.05, 3.63) is 29.8 Å². The molecule has 2 unspecified atom stereocenters. The van der Waals surface area contributed by atoms with Crippen LogP contribution < -0.4 is 10.1 Å². The quantitative estimate of drug-likeness (QED) is 0.674. The van der Waals surface area contributed by atoms with Crippen LogP contribution >= 0.6 is 0 Å². The summed E-state index contributed by atoms with van der Waals surface area (Å²) in [6, 6.07) is 8.60. The van der Waals surface area contributed by atoms with Gasteiger partial charge in [-0.1, -0.05) is 25.1 Å². The van der Waals surface area contributed by atoms with E-state index in [0.717, 1.165) is 31.6 Å². The van der Waals surface area contributed by atoms with E-state index < -0.39 is 0 Å². The lowest BCUT2D eigenvalue weighted by Gasteiger charge is -2.16. The molecule has 0 bridgehead atoms. The summed E-state index contributed by atoms with van der Waals surface area (Å²) in [7, 11) is 1.72. The Balaban J connectivity index is 2.29. The molecule has 0 aliphatic rings. The van der Waals surface area contributed by atoms with Crippen LogP contribution in [0.15, 0.2) is 24.3 Å². The molecule has 1 aromatic rings. The summed E-state index contributed by atoms with van der Waals surface area (Å²) in [4.78, 5) is 0. The van der Waals surface area contributed by atoms with E-state index in [1.807, 2.05) is 18.2 Å². The molecule has 2 atom stereocenters. The van der Waals surface area contributed by atoms with Crippen LogP contribution in [-0.4, -0.2) is 31.4 Å². The average molecular weight is 265 g/mol. The monoisotopic (exact) mass is 265 g/mol. The van der Waals surface area contributed by atoms with Crippen LogP contribution in [0.5, 0.6) is 5.75 Å². The molecule has 108 valence electrons. The summed E-state index contributed by atoms with van der Waals surface area (Å²) in [5.74, 6) is 1.37. The molecule has 19 heavy (non-hydrogen) atoms. The number of rotatable bonds is 9. The normalized spacial score (nSPS) is 14.1. The van der Waals surface area contributed by atoms with Gasteiger partial charge in [-0.2, -0.15) is 0 Å². The first-order chi connectivity index (χ1) is 9.17.